The van der Waals surface area contributed by atoms with Gasteiger partial charge >= 0.3 is 16.4 Å². The molecule has 0 aliphatic carbocycles. The first-order valence-corrected chi connectivity index (χ1v) is 25.8. The number of aliphatic hydroxyl groups is 3. The van der Waals surface area contributed by atoms with E-state index in [4.69, 9.17) is 18.9 Å². The van der Waals surface area contributed by atoms with Gasteiger partial charge < -0.3 is 34.3 Å². The van der Waals surface area contributed by atoms with E-state index in [1.165, 1.54) is 96.3 Å². The molecule has 6 atom stereocenters. The van der Waals surface area contributed by atoms with Gasteiger partial charge in [-0.1, -0.05) is 165 Å². The summed E-state index contributed by atoms with van der Waals surface area (Å²) in [5.41, 5.74) is 0. The van der Waals surface area contributed by atoms with Crippen LogP contribution in [0.5, 0.6) is 0 Å². The van der Waals surface area contributed by atoms with E-state index >= 15 is 0 Å². The number of carbonyl (C=O) groups excluding carboxylic acids is 1. The zero-order valence-electron chi connectivity index (χ0n) is 38.7. The molecular weight excluding hydrogens is 813 g/mol. The molecular formula is C49H88O12S. The Balaban J connectivity index is 2.38. The molecule has 0 spiro atoms. The Labute approximate surface area is 376 Å². The lowest BCUT2D eigenvalue weighted by Gasteiger charge is -2.41. The van der Waals surface area contributed by atoms with E-state index in [2.05, 4.69) is 66.6 Å². The number of ether oxygens (including phenoxy) is 4. The molecule has 362 valence electrons. The van der Waals surface area contributed by atoms with Gasteiger partial charge in [0.15, 0.2) is 6.29 Å². The van der Waals surface area contributed by atoms with E-state index in [0.717, 1.165) is 70.6 Å². The minimum Gasteiger partial charge on any atom is -0.457 e. The van der Waals surface area contributed by atoms with Crippen LogP contribution in [0.15, 0.2) is 48.6 Å². The minimum absolute atomic E-state index is 0.0275. The summed E-state index contributed by atoms with van der Waals surface area (Å²) < 4.78 is 59.1. The van der Waals surface area contributed by atoms with Crippen molar-refractivity contribution in [2.45, 2.75) is 230 Å². The van der Waals surface area contributed by atoms with Gasteiger partial charge in [0.05, 0.1) is 19.8 Å². The van der Waals surface area contributed by atoms with E-state index in [1.807, 2.05) is 0 Å². The van der Waals surface area contributed by atoms with Crippen LogP contribution in [0.25, 0.3) is 0 Å². The number of aliphatic hydroxyl groups excluding tert-OH is 3. The van der Waals surface area contributed by atoms with Gasteiger partial charge in [-0.25, -0.2) is 4.18 Å². The standard InChI is InChI=1S/C49H88O12S/c1-3-5-7-9-11-13-15-17-19-20-21-22-23-25-27-29-31-33-35-37-39-57-41-43(42-58-49-47(53)48(61-62(54,55)56)46(52)44(40-50)60-49)59-45(51)38-36-34-32-30-28-26-24-18-16-14-12-10-8-6-4-2/h6,8,12,14,17-19,24,43-44,46-50,52-53H,3-5,7,9-11,13,15-16,20-23,25-42H2,1-2H3,(H,54,55,56)/b8-6-,14-12-,19-17-,24-18-. The van der Waals surface area contributed by atoms with Gasteiger partial charge in [0, 0.05) is 13.0 Å². The fraction of sp³-hybridized carbons (Fsp3) is 0.816. The number of esters is 1. The summed E-state index contributed by atoms with van der Waals surface area (Å²) >= 11 is 0. The second kappa shape index (κ2) is 40.6. The minimum atomic E-state index is -5.07. The molecule has 12 nitrogen and oxygen atoms in total. The molecule has 1 aliphatic heterocycles. The third kappa shape index (κ3) is 33.6. The highest BCUT2D eigenvalue weighted by atomic mass is 32.3. The molecule has 4 N–H and O–H groups in total. The average Bonchev–Trinajstić information content (AvgIpc) is 3.24. The fourth-order valence-corrected chi connectivity index (χ4v) is 7.78. The van der Waals surface area contributed by atoms with Crippen molar-refractivity contribution in [2.75, 3.05) is 26.4 Å². The number of carbonyl (C=O) groups is 1. The van der Waals surface area contributed by atoms with Gasteiger partial charge in [-0.15, -0.1) is 0 Å². The second-order valence-electron chi connectivity index (χ2n) is 16.7. The normalized spacial score (nSPS) is 20.4. The number of unbranched alkanes of at least 4 members (excludes halogenated alkanes) is 21. The van der Waals surface area contributed by atoms with Crippen molar-refractivity contribution in [1.29, 1.82) is 0 Å². The topological polar surface area (TPSA) is 178 Å². The molecule has 0 bridgehead atoms. The van der Waals surface area contributed by atoms with Crippen molar-refractivity contribution in [3.05, 3.63) is 48.6 Å². The lowest BCUT2D eigenvalue weighted by atomic mass is 9.99. The molecule has 1 heterocycles. The van der Waals surface area contributed by atoms with E-state index in [-0.39, 0.29) is 19.6 Å². The highest BCUT2D eigenvalue weighted by Crippen LogP contribution is 2.26. The summed E-state index contributed by atoms with van der Waals surface area (Å²) in [5.74, 6) is -0.416. The molecule has 1 aliphatic rings. The summed E-state index contributed by atoms with van der Waals surface area (Å²) in [6, 6.07) is 0. The first-order valence-electron chi connectivity index (χ1n) is 24.4. The van der Waals surface area contributed by atoms with Crippen LogP contribution in [-0.2, 0) is 38.3 Å². The molecule has 1 fully saturated rings. The first kappa shape index (κ1) is 58.1. The Bertz CT molecular complexity index is 1270. The smallest absolute Gasteiger partial charge is 0.397 e. The third-order valence-electron chi connectivity index (χ3n) is 10.9. The van der Waals surface area contributed by atoms with Crippen LogP contribution in [0.3, 0.4) is 0 Å². The highest BCUT2D eigenvalue weighted by molar-refractivity contribution is 7.80. The highest BCUT2D eigenvalue weighted by Gasteiger charge is 2.48. The Hall–Kier alpha value is -1.94. The SMILES string of the molecule is CC/C=C\C/C=C\C/C=C\CCCCCCCC(=O)OC(COCCCCCCCCCCCC/C=C\CCCCCCCC)COC1OC(CO)C(O)C(OS(=O)(=O)O)C1O. The maximum atomic E-state index is 12.9. The van der Waals surface area contributed by atoms with Gasteiger partial charge in [-0.2, -0.15) is 8.42 Å². The van der Waals surface area contributed by atoms with E-state index in [9.17, 15) is 33.1 Å². The van der Waals surface area contributed by atoms with Crippen molar-refractivity contribution < 1.29 is 56.2 Å². The zero-order valence-corrected chi connectivity index (χ0v) is 39.5. The molecule has 62 heavy (non-hydrogen) atoms. The third-order valence-corrected chi connectivity index (χ3v) is 11.4. The van der Waals surface area contributed by atoms with Crippen molar-refractivity contribution in [1.82, 2.24) is 0 Å². The zero-order chi connectivity index (χ0) is 45.4. The van der Waals surface area contributed by atoms with Crippen LogP contribution in [-0.4, -0.2) is 97.5 Å². The van der Waals surface area contributed by atoms with Crippen molar-refractivity contribution in [2.24, 2.45) is 0 Å². The molecule has 0 radical (unpaired) electrons. The summed E-state index contributed by atoms with van der Waals surface area (Å²) in [5, 5.41) is 30.7. The Morgan fingerprint density at radius 1 is 0.629 bits per heavy atom. The Kier molecular flexibility index (Phi) is 38.0. The van der Waals surface area contributed by atoms with Crippen LogP contribution in [0, 0.1) is 0 Å². The predicted octanol–water partition coefficient (Wildman–Crippen LogP) is 10.7. The summed E-state index contributed by atoms with van der Waals surface area (Å²) in [6.45, 7) is 3.86. The monoisotopic (exact) mass is 901 g/mol. The molecule has 0 saturated carbocycles. The van der Waals surface area contributed by atoms with E-state index in [0.29, 0.717) is 13.0 Å². The molecule has 6 unspecified atom stereocenters. The second-order valence-corrected chi connectivity index (χ2v) is 17.7. The first-order chi connectivity index (χ1) is 30.1. The molecule has 0 amide bonds. The Morgan fingerprint density at radius 3 is 1.65 bits per heavy atom. The molecule has 0 aromatic heterocycles. The largest absolute Gasteiger partial charge is 0.457 e. The van der Waals surface area contributed by atoms with Crippen LogP contribution >= 0.6 is 0 Å². The molecule has 0 aromatic rings. The quantitative estimate of drug-likeness (QED) is 0.0198. The number of hydrogen-bond acceptors (Lipinski definition) is 11. The van der Waals surface area contributed by atoms with Gasteiger partial charge in [-0.05, 0) is 70.6 Å². The average molecular weight is 901 g/mol. The lowest BCUT2D eigenvalue weighted by Crippen LogP contribution is -2.60. The molecule has 1 saturated heterocycles. The number of rotatable bonds is 42. The summed E-state index contributed by atoms with van der Waals surface area (Å²) in [6.07, 6.45) is 40.0. The molecule has 0 aromatic carbocycles. The van der Waals surface area contributed by atoms with Crippen LogP contribution in [0.1, 0.15) is 194 Å². The van der Waals surface area contributed by atoms with Crippen molar-refractivity contribution in [3.63, 3.8) is 0 Å². The van der Waals surface area contributed by atoms with Crippen LogP contribution < -0.4 is 0 Å². The number of allylic oxidation sites excluding steroid dienone is 8. The molecule has 1 rings (SSSR count). The van der Waals surface area contributed by atoms with Gasteiger partial charge in [0.25, 0.3) is 0 Å². The molecule has 13 heteroatoms. The maximum Gasteiger partial charge on any atom is 0.397 e. The van der Waals surface area contributed by atoms with Crippen LogP contribution in [0.2, 0.25) is 0 Å². The predicted molar refractivity (Wildman–Crippen MR) is 248 cm³/mol. The fourth-order valence-electron chi connectivity index (χ4n) is 7.27. The van der Waals surface area contributed by atoms with Gasteiger partial charge in [0.2, 0.25) is 0 Å². The Morgan fingerprint density at radius 2 is 1.11 bits per heavy atom. The summed E-state index contributed by atoms with van der Waals surface area (Å²) in [7, 11) is -5.07. The summed E-state index contributed by atoms with van der Waals surface area (Å²) in [4.78, 5) is 12.9. The van der Waals surface area contributed by atoms with Gasteiger partial charge in [-0.3, -0.25) is 9.35 Å². The van der Waals surface area contributed by atoms with E-state index < -0.39 is 59.8 Å². The maximum absolute atomic E-state index is 12.9. The van der Waals surface area contributed by atoms with Crippen molar-refractivity contribution >= 4 is 16.4 Å². The van der Waals surface area contributed by atoms with E-state index in [1.54, 1.807) is 0 Å². The number of hydrogen-bond donors (Lipinski definition) is 4. The van der Waals surface area contributed by atoms with Crippen molar-refractivity contribution in [3.8, 4) is 0 Å². The van der Waals surface area contributed by atoms with Gasteiger partial charge in [0.1, 0.15) is 30.5 Å². The lowest BCUT2D eigenvalue weighted by molar-refractivity contribution is -0.301. The van der Waals surface area contributed by atoms with Crippen LogP contribution in [0.4, 0.5) is 0 Å².